The van der Waals surface area contributed by atoms with Crippen LogP contribution in [0.5, 0.6) is 0 Å². The van der Waals surface area contributed by atoms with Crippen LogP contribution in [0.2, 0.25) is 0 Å². The molecule has 1 amide bonds. The van der Waals surface area contributed by atoms with E-state index in [0.717, 1.165) is 26.1 Å². The molecule has 0 bridgehead atoms. The molecule has 0 spiro atoms. The van der Waals surface area contributed by atoms with Crippen molar-refractivity contribution in [3.8, 4) is 0 Å². The van der Waals surface area contributed by atoms with Gasteiger partial charge >= 0.3 is 0 Å². The fraction of sp³-hybridized carbons (Fsp3) is 0.909. The van der Waals surface area contributed by atoms with Gasteiger partial charge in [-0.15, -0.1) is 0 Å². The van der Waals surface area contributed by atoms with Crippen molar-refractivity contribution in [2.24, 2.45) is 17.6 Å². The van der Waals surface area contributed by atoms with Crippen molar-refractivity contribution >= 4 is 5.91 Å². The van der Waals surface area contributed by atoms with Crippen LogP contribution < -0.4 is 16.4 Å². The van der Waals surface area contributed by atoms with Crippen LogP contribution in [-0.2, 0) is 4.79 Å². The number of carbonyl (C=O) groups excluding carboxylic acids is 1. The molecule has 4 N–H and O–H groups in total. The molecule has 0 aromatic rings. The van der Waals surface area contributed by atoms with Gasteiger partial charge in [0.05, 0.1) is 0 Å². The van der Waals surface area contributed by atoms with Gasteiger partial charge in [-0.1, -0.05) is 13.8 Å². The Morgan fingerprint density at radius 1 is 1.60 bits per heavy atom. The third-order valence-electron chi connectivity index (χ3n) is 3.13. The van der Waals surface area contributed by atoms with Gasteiger partial charge in [-0.3, -0.25) is 4.79 Å². The lowest BCUT2D eigenvalue weighted by Crippen LogP contribution is -2.39. The monoisotopic (exact) mass is 213 g/mol. The molecule has 1 saturated heterocycles. The summed E-state index contributed by atoms with van der Waals surface area (Å²) in [7, 11) is 0. The zero-order valence-corrected chi connectivity index (χ0v) is 9.75. The standard InChI is InChI=1S/C11H23N3O/c1-8(2)9(5-12)6-13-7-10-3-4-11(15)14-10/h8-10,13H,3-7,12H2,1-2H3,(H,14,15). The number of carbonyl (C=O) groups is 1. The van der Waals surface area contributed by atoms with E-state index in [1.807, 2.05) is 0 Å². The molecule has 15 heavy (non-hydrogen) atoms. The van der Waals surface area contributed by atoms with Gasteiger partial charge in [-0.25, -0.2) is 0 Å². The molecule has 0 saturated carbocycles. The lowest BCUT2D eigenvalue weighted by atomic mass is 9.96. The van der Waals surface area contributed by atoms with E-state index in [1.54, 1.807) is 0 Å². The smallest absolute Gasteiger partial charge is 0.220 e. The molecule has 4 nitrogen and oxygen atoms in total. The zero-order chi connectivity index (χ0) is 11.3. The molecule has 1 heterocycles. The van der Waals surface area contributed by atoms with Crippen molar-refractivity contribution < 1.29 is 4.79 Å². The normalized spacial score (nSPS) is 23.2. The summed E-state index contributed by atoms with van der Waals surface area (Å²) >= 11 is 0. The van der Waals surface area contributed by atoms with Crippen LogP contribution in [0, 0.1) is 11.8 Å². The molecule has 1 rings (SSSR count). The number of nitrogens with two attached hydrogens (primary N) is 1. The third-order valence-corrected chi connectivity index (χ3v) is 3.13. The summed E-state index contributed by atoms with van der Waals surface area (Å²) in [4.78, 5) is 11.0. The van der Waals surface area contributed by atoms with Crippen LogP contribution >= 0.6 is 0 Å². The van der Waals surface area contributed by atoms with E-state index in [0.29, 0.717) is 24.3 Å². The summed E-state index contributed by atoms with van der Waals surface area (Å²) in [6, 6.07) is 0.322. The Labute approximate surface area is 92.0 Å². The van der Waals surface area contributed by atoms with Gasteiger partial charge in [0.25, 0.3) is 0 Å². The predicted molar refractivity (Wildman–Crippen MR) is 61.4 cm³/mol. The average molecular weight is 213 g/mol. The second-order valence-corrected chi connectivity index (χ2v) is 4.70. The van der Waals surface area contributed by atoms with Gasteiger partial charge in [0.1, 0.15) is 0 Å². The van der Waals surface area contributed by atoms with Gasteiger partial charge in [-0.05, 0) is 31.3 Å². The lowest BCUT2D eigenvalue weighted by Gasteiger charge is -2.20. The maximum Gasteiger partial charge on any atom is 0.220 e. The molecule has 1 aliphatic heterocycles. The van der Waals surface area contributed by atoms with Crippen LogP contribution in [0.25, 0.3) is 0 Å². The van der Waals surface area contributed by atoms with Crippen molar-refractivity contribution in [2.75, 3.05) is 19.6 Å². The van der Waals surface area contributed by atoms with Gasteiger partial charge in [-0.2, -0.15) is 0 Å². The quantitative estimate of drug-likeness (QED) is 0.585. The molecular weight excluding hydrogens is 190 g/mol. The highest BCUT2D eigenvalue weighted by molar-refractivity contribution is 5.78. The zero-order valence-electron chi connectivity index (χ0n) is 9.75. The molecule has 4 heteroatoms. The molecule has 88 valence electrons. The summed E-state index contributed by atoms with van der Waals surface area (Å²) in [6.07, 6.45) is 1.64. The Kier molecular flexibility index (Phi) is 5.05. The first-order chi connectivity index (χ1) is 7.13. The van der Waals surface area contributed by atoms with Crippen molar-refractivity contribution in [2.45, 2.75) is 32.7 Å². The predicted octanol–water partition coefficient (Wildman–Crippen LogP) is 0.0855. The van der Waals surface area contributed by atoms with E-state index in [1.165, 1.54) is 0 Å². The van der Waals surface area contributed by atoms with E-state index >= 15 is 0 Å². The molecule has 2 unspecified atom stereocenters. The van der Waals surface area contributed by atoms with Gasteiger partial charge in [0.2, 0.25) is 5.91 Å². The van der Waals surface area contributed by atoms with E-state index in [4.69, 9.17) is 5.73 Å². The molecule has 1 aliphatic rings. The van der Waals surface area contributed by atoms with Crippen molar-refractivity contribution in [1.82, 2.24) is 10.6 Å². The Bertz CT molecular complexity index is 206. The SMILES string of the molecule is CC(C)C(CN)CNCC1CCC(=O)N1. The number of amides is 1. The lowest BCUT2D eigenvalue weighted by molar-refractivity contribution is -0.119. The molecule has 0 aromatic carbocycles. The fourth-order valence-electron chi connectivity index (χ4n) is 1.86. The highest BCUT2D eigenvalue weighted by atomic mass is 16.1. The Morgan fingerprint density at radius 3 is 2.80 bits per heavy atom. The Morgan fingerprint density at radius 2 is 2.33 bits per heavy atom. The summed E-state index contributed by atoms with van der Waals surface area (Å²) in [6.45, 7) is 6.92. The van der Waals surface area contributed by atoms with Crippen molar-refractivity contribution in [3.63, 3.8) is 0 Å². The molecule has 0 radical (unpaired) electrons. The molecular formula is C11H23N3O. The van der Waals surface area contributed by atoms with E-state index in [9.17, 15) is 4.79 Å². The Balaban J connectivity index is 2.12. The highest BCUT2D eigenvalue weighted by Crippen LogP contribution is 2.08. The topological polar surface area (TPSA) is 67.1 Å². The van der Waals surface area contributed by atoms with Crippen LogP contribution in [0.15, 0.2) is 0 Å². The molecule has 1 fully saturated rings. The fourth-order valence-corrected chi connectivity index (χ4v) is 1.86. The first-order valence-corrected chi connectivity index (χ1v) is 5.83. The summed E-state index contributed by atoms with van der Waals surface area (Å²) in [5.41, 5.74) is 5.68. The first-order valence-electron chi connectivity index (χ1n) is 5.83. The van der Waals surface area contributed by atoms with E-state index in [-0.39, 0.29) is 5.91 Å². The largest absolute Gasteiger partial charge is 0.352 e. The second kappa shape index (κ2) is 6.08. The van der Waals surface area contributed by atoms with Crippen LogP contribution in [0.3, 0.4) is 0 Å². The minimum absolute atomic E-state index is 0.182. The van der Waals surface area contributed by atoms with E-state index < -0.39 is 0 Å². The number of hydrogen-bond donors (Lipinski definition) is 3. The van der Waals surface area contributed by atoms with Crippen LogP contribution in [-0.4, -0.2) is 31.6 Å². The molecule has 2 atom stereocenters. The van der Waals surface area contributed by atoms with Crippen LogP contribution in [0.1, 0.15) is 26.7 Å². The third kappa shape index (κ3) is 4.18. The number of hydrogen-bond acceptors (Lipinski definition) is 3. The van der Waals surface area contributed by atoms with Gasteiger partial charge < -0.3 is 16.4 Å². The first kappa shape index (κ1) is 12.5. The summed E-state index contributed by atoms with van der Waals surface area (Å²) < 4.78 is 0. The summed E-state index contributed by atoms with van der Waals surface area (Å²) in [5, 5.41) is 6.33. The van der Waals surface area contributed by atoms with Crippen molar-refractivity contribution in [1.29, 1.82) is 0 Å². The number of nitrogens with one attached hydrogen (secondary N) is 2. The van der Waals surface area contributed by atoms with Crippen LogP contribution in [0.4, 0.5) is 0 Å². The maximum absolute atomic E-state index is 11.0. The maximum atomic E-state index is 11.0. The minimum Gasteiger partial charge on any atom is -0.352 e. The molecule has 0 aliphatic carbocycles. The van der Waals surface area contributed by atoms with E-state index in [2.05, 4.69) is 24.5 Å². The summed E-state index contributed by atoms with van der Waals surface area (Å²) in [5.74, 6) is 1.32. The highest BCUT2D eigenvalue weighted by Gasteiger charge is 2.20. The average Bonchev–Trinajstić information content (AvgIpc) is 2.58. The second-order valence-electron chi connectivity index (χ2n) is 4.70. The van der Waals surface area contributed by atoms with Gasteiger partial charge in [0.15, 0.2) is 0 Å². The Hall–Kier alpha value is -0.610. The minimum atomic E-state index is 0.182. The van der Waals surface area contributed by atoms with Gasteiger partial charge in [0, 0.05) is 19.0 Å². The van der Waals surface area contributed by atoms with Crippen molar-refractivity contribution in [3.05, 3.63) is 0 Å². The number of rotatable bonds is 6. The molecule has 0 aromatic heterocycles.